The number of nitrogens with one attached hydrogen (secondary N) is 2. The molecule has 2 heterocycles. The van der Waals surface area contributed by atoms with Crippen molar-refractivity contribution in [3.63, 3.8) is 0 Å². The quantitative estimate of drug-likeness (QED) is 0.496. The summed E-state index contributed by atoms with van der Waals surface area (Å²) in [5.41, 5.74) is -0.919. The lowest BCUT2D eigenvalue weighted by Gasteiger charge is -2.35. The summed E-state index contributed by atoms with van der Waals surface area (Å²) in [4.78, 5) is 42.9. The fraction of sp³-hybridized carbons (Fsp3) is 0.429. The normalized spacial score (nSPS) is 21.5. The van der Waals surface area contributed by atoms with E-state index in [1.54, 1.807) is 20.8 Å². The molecule has 1 aliphatic heterocycles. The number of nitrogens with zero attached hydrogens (tertiary/aromatic N) is 2. The molecule has 2 fully saturated rings. The van der Waals surface area contributed by atoms with Crippen molar-refractivity contribution in [1.82, 2.24) is 15.2 Å². The Balaban J connectivity index is 1.39. The molecule has 1 aromatic heterocycles. The number of carbonyl (C=O) groups is 2. The lowest BCUT2D eigenvalue weighted by atomic mass is 9.96. The Morgan fingerprint density at radius 2 is 1.95 bits per heavy atom. The van der Waals surface area contributed by atoms with Crippen LogP contribution in [0.15, 0.2) is 35.1 Å². The Hall–Kier alpha value is -4.00. The molecule has 38 heavy (non-hydrogen) atoms. The van der Waals surface area contributed by atoms with Gasteiger partial charge < -0.3 is 15.0 Å². The second-order valence-electron chi connectivity index (χ2n) is 11.1. The third-order valence-corrected chi connectivity index (χ3v) is 7.31. The van der Waals surface area contributed by atoms with Crippen molar-refractivity contribution in [3.05, 3.63) is 57.9 Å². The van der Waals surface area contributed by atoms with Crippen molar-refractivity contribution in [1.29, 1.82) is 5.26 Å². The molecule has 10 heteroatoms. The maximum atomic E-state index is 15.2. The van der Waals surface area contributed by atoms with Crippen LogP contribution in [0.3, 0.4) is 0 Å². The molecule has 2 bridgehead atoms. The third kappa shape index (κ3) is 4.69. The number of piperidine rings is 1. The number of H-pyrrole nitrogens is 1. The summed E-state index contributed by atoms with van der Waals surface area (Å²) in [7, 11) is 0. The predicted molar refractivity (Wildman–Crippen MR) is 136 cm³/mol. The third-order valence-electron chi connectivity index (χ3n) is 7.31. The van der Waals surface area contributed by atoms with Gasteiger partial charge in [-0.15, -0.1) is 0 Å². The van der Waals surface area contributed by atoms with Crippen molar-refractivity contribution in [3.8, 4) is 6.07 Å². The van der Waals surface area contributed by atoms with Crippen LogP contribution in [-0.2, 0) is 16.0 Å². The van der Waals surface area contributed by atoms with Crippen LogP contribution in [0.2, 0.25) is 0 Å². The van der Waals surface area contributed by atoms with Gasteiger partial charge in [-0.1, -0.05) is 0 Å². The molecule has 1 aliphatic carbocycles. The second-order valence-corrected chi connectivity index (χ2v) is 11.1. The van der Waals surface area contributed by atoms with E-state index in [0.29, 0.717) is 17.2 Å². The minimum absolute atomic E-state index is 0.0408. The van der Waals surface area contributed by atoms with Crippen LogP contribution in [0.5, 0.6) is 0 Å². The second kappa shape index (κ2) is 9.39. The first kappa shape index (κ1) is 25.6. The van der Waals surface area contributed by atoms with E-state index in [1.807, 2.05) is 6.07 Å². The lowest BCUT2D eigenvalue weighted by Crippen LogP contribution is -2.55. The van der Waals surface area contributed by atoms with Crippen LogP contribution >= 0.6 is 0 Å². The van der Waals surface area contributed by atoms with Crippen LogP contribution in [0.25, 0.3) is 21.7 Å². The van der Waals surface area contributed by atoms with Crippen LogP contribution < -0.4 is 10.9 Å². The summed E-state index contributed by atoms with van der Waals surface area (Å²) in [5.74, 6) is -1.71. The molecule has 2 aliphatic rings. The first-order valence-electron chi connectivity index (χ1n) is 12.6. The molecule has 5 rings (SSSR count). The van der Waals surface area contributed by atoms with Crippen molar-refractivity contribution >= 4 is 33.7 Å². The smallest absolute Gasteiger partial charge is 0.411 e. The number of hydrogen-bond donors (Lipinski definition) is 2. The number of likely N-dealkylation sites (tertiary alicyclic amines) is 1. The number of benzene rings is 2. The molecule has 1 saturated heterocycles. The van der Waals surface area contributed by atoms with Gasteiger partial charge in [0.05, 0.1) is 11.6 Å². The number of aromatic nitrogens is 1. The van der Waals surface area contributed by atoms with E-state index < -0.39 is 46.9 Å². The minimum atomic E-state index is -1.09. The zero-order valence-electron chi connectivity index (χ0n) is 21.3. The number of rotatable bonds is 4. The zero-order chi connectivity index (χ0) is 27.4. The Labute approximate surface area is 217 Å². The minimum Gasteiger partial charge on any atom is -0.444 e. The number of carbonyl (C=O) groups excluding carboxylic acids is 2. The number of aromatic amines is 1. The Morgan fingerprint density at radius 3 is 2.66 bits per heavy atom. The molecule has 0 radical (unpaired) electrons. The van der Waals surface area contributed by atoms with E-state index in [4.69, 9.17) is 4.74 Å². The fourth-order valence-electron chi connectivity index (χ4n) is 5.74. The highest BCUT2D eigenvalue weighted by molar-refractivity contribution is 6.05. The van der Waals surface area contributed by atoms with Gasteiger partial charge in [-0.3, -0.25) is 14.5 Å². The van der Waals surface area contributed by atoms with Gasteiger partial charge in [0.1, 0.15) is 29.3 Å². The van der Waals surface area contributed by atoms with Gasteiger partial charge in [-0.2, -0.15) is 5.26 Å². The fourth-order valence-corrected chi connectivity index (χ4v) is 5.74. The number of fused-ring (bicyclic) bond motifs is 5. The highest BCUT2D eigenvalue weighted by atomic mass is 19.1. The summed E-state index contributed by atoms with van der Waals surface area (Å²) in [5, 5.41) is 13.4. The standard InChI is InChI=1S/C28H28F2N4O4/c1-28(2,3)38-27(37)34-18-6-4-14(9-18)24(34)26(36)32-17(13-31)8-15-10-21-20(12-22(15)30)19-7-5-16(29)11-23(19)33-25(21)35/h5,7,10-12,14,17-18,24H,4,6,8-9H2,1-3H3,(H,32,36)(H,33,35). The van der Waals surface area contributed by atoms with Crippen LogP contribution in [0, 0.1) is 28.9 Å². The highest BCUT2D eigenvalue weighted by Gasteiger charge is 2.52. The molecule has 2 aromatic carbocycles. The van der Waals surface area contributed by atoms with Crippen molar-refractivity contribution < 1.29 is 23.1 Å². The molecule has 1 saturated carbocycles. The Morgan fingerprint density at radius 1 is 1.18 bits per heavy atom. The van der Waals surface area contributed by atoms with Gasteiger partial charge >= 0.3 is 6.09 Å². The monoisotopic (exact) mass is 522 g/mol. The van der Waals surface area contributed by atoms with E-state index >= 15 is 4.39 Å². The largest absolute Gasteiger partial charge is 0.444 e. The molecule has 4 unspecified atom stereocenters. The lowest BCUT2D eigenvalue weighted by molar-refractivity contribution is -0.128. The summed E-state index contributed by atoms with van der Waals surface area (Å²) in [6, 6.07) is 6.44. The molecule has 198 valence electrons. The molecular weight excluding hydrogens is 494 g/mol. The summed E-state index contributed by atoms with van der Waals surface area (Å²) < 4.78 is 34.3. The Bertz CT molecular complexity index is 1550. The number of ether oxygens (including phenoxy) is 1. The van der Waals surface area contributed by atoms with Crippen molar-refractivity contribution in [2.45, 2.75) is 70.2 Å². The number of nitriles is 1. The summed E-state index contributed by atoms with van der Waals surface area (Å²) in [6.45, 7) is 5.26. The number of amides is 2. The number of pyridine rings is 1. The molecule has 2 amide bonds. The molecule has 3 aromatic rings. The molecule has 2 N–H and O–H groups in total. The molecular formula is C28H28F2N4O4. The topological polar surface area (TPSA) is 115 Å². The van der Waals surface area contributed by atoms with Crippen molar-refractivity contribution in [2.24, 2.45) is 5.92 Å². The van der Waals surface area contributed by atoms with Gasteiger partial charge in [-0.05, 0) is 87.2 Å². The van der Waals surface area contributed by atoms with Crippen molar-refractivity contribution in [2.75, 3.05) is 0 Å². The van der Waals surface area contributed by atoms with Gasteiger partial charge in [0, 0.05) is 23.2 Å². The zero-order valence-corrected chi connectivity index (χ0v) is 21.3. The first-order chi connectivity index (χ1) is 17.9. The number of hydrogen-bond acceptors (Lipinski definition) is 5. The summed E-state index contributed by atoms with van der Waals surface area (Å²) >= 11 is 0. The Kier molecular flexibility index (Phi) is 6.33. The highest BCUT2D eigenvalue weighted by Crippen LogP contribution is 2.43. The van der Waals surface area contributed by atoms with Gasteiger partial charge in [0.2, 0.25) is 5.91 Å². The van der Waals surface area contributed by atoms with E-state index in [0.717, 1.165) is 12.8 Å². The molecule has 4 atom stereocenters. The van der Waals surface area contributed by atoms with Gasteiger partial charge in [0.25, 0.3) is 5.56 Å². The number of halogens is 2. The maximum absolute atomic E-state index is 15.2. The van der Waals surface area contributed by atoms with E-state index in [9.17, 15) is 24.0 Å². The average Bonchev–Trinajstić information content (AvgIpc) is 3.45. The SMILES string of the molecule is CC(C)(C)OC(=O)N1C2CCC(C2)C1C(=O)NC(C#N)Cc1cc2c(=O)[nH]c3cc(F)ccc3c2cc1F. The predicted octanol–water partition coefficient (Wildman–Crippen LogP) is 4.30. The van der Waals surface area contributed by atoms with E-state index in [1.165, 1.54) is 35.2 Å². The van der Waals surface area contributed by atoms with Crippen LogP contribution in [0.4, 0.5) is 13.6 Å². The van der Waals surface area contributed by atoms with Crippen LogP contribution in [-0.4, -0.2) is 45.6 Å². The van der Waals surface area contributed by atoms with Gasteiger partial charge in [-0.25, -0.2) is 13.6 Å². The first-order valence-corrected chi connectivity index (χ1v) is 12.6. The van der Waals surface area contributed by atoms with Crippen LogP contribution in [0.1, 0.15) is 45.6 Å². The maximum Gasteiger partial charge on any atom is 0.411 e. The summed E-state index contributed by atoms with van der Waals surface area (Å²) in [6.07, 6.45) is 1.52. The molecule has 8 nitrogen and oxygen atoms in total. The molecule has 0 spiro atoms. The average molecular weight is 523 g/mol. The van der Waals surface area contributed by atoms with E-state index in [2.05, 4.69) is 10.3 Å². The van der Waals surface area contributed by atoms with Gasteiger partial charge in [0.15, 0.2) is 0 Å². The van der Waals surface area contributed by atoms with E-state index in [-0.39, 0.29) is 34.8 Å².